The number of hydrogen-bond acceptors (Lipinski definition) is 4. The molecule has 0 saturated heterocycles. The molecule has 0 aliphatic carbocycles. The highest BCUT2D eigenvalue weighted by molar-refractivity contribution is 7.86. The third-order valence-electron chi connectivity index (χ3n) is 2.81. The first-order valence-corrected chi connectivity index (χ1v) is 8.13. The Balaban J connectivity index is 2.91. The molecule has 1 rings (SSSR count). The predicted octanol–water partition coefficient (Wildman–Crippen LogP) is 2.78. The van der Waals surface area contributed by atoms with Crippen LogP contribution in [0, 0.1) is 26.2 Å². The summed E-state index contributed by atoms with van der Waals surface area (Å²) in [5.74, 6) is -0.464. The monoisotopic (exact) mass is 313 g/mol. The maximum absolute atomic E-state index is 12.2. The highest BCUT2D eigenvalue weighted by atomic mass is 32.2. The summed E-state index contributed by atoms with van der Waals surface area (Å²) in [4.78, 5) is 11.8. The zero-order valence-electron chi connectivity index (χ0n) is 13.4. The molecule has 0 radical (unpaired) electrons. The molecule has 0 spiro atoms. The molecule has 0 aliphatic heterocycles. The summed E-state index contributed by atoms with van der Waals surface area (Å²) in [6.07, 6.45) is 0.175. The molecule has 5 nitrogen and oxygen atoms in total. The van der Waals surface area contributed by atoms with Crippen LogP contribution in [0.1, 0.15) is 43.9 Å². The molecule has 6 heteroatoms. The molecule has 118 valence electrons. The van der Waals surface area contributed by atoms with Gasteiger partial charge in [0.2, 0.25) is 5.91 Å². The van der Waals surface area contributed by atoms with Crippen molar-refractivity contribution >= 4 is 16.0 Å². The Morgan fingerprint density at radius 1 is 1.14 bits per heavy atom. The van der Waals surface area contributed by atoms with E-state index in [-0.39, 0.29) is 16.7 Å². The summed E-state index contributed by atoms with van der Waals surface area (Å²) < 4.78 is 29.1. The lowest BCUT2D eigenvalue weighted by molar-refractivity contribution is -0.129. The van der Waals surface area contributed by atoms with Crippen molar-refractivity contribution in [1.29, 1.82) is 0 Å². The molecular formula is C15H23NO4S. The van der Waals surface area contributed by atoms with Gasteiger partial charge < -0.3 is 0 Å². The standard InChI is InChI=1S/C15H23NO4S/c1-10-7-11(2)14(12(3)8-10)21(18,19)20-16-13(17)9-15(4,5)6/h7-8H,9H2,1-6H3,(H,16,17). The maximum Gasteiger partial charge on any atom is 0.318 e. The number of carbonyl (C=O) groups excluding carboxylic acids is 1. The number of rotatable bonds is 4. The molecule has 1 aromatic rings. The number of aryl methyl sites for hydroxylation is 3. The Morgan fingerprint density at radius 2 is 1.62 bits per heavy atom. The lowest BCUT2D eigenvalue weighted by Crippen LogP contribution is -2.30. The number of hydrogen-bond donors (Lipinski definition) is 1. The molecule has 0 unspecified atom stereocenters. The van der Waals surface area contributed by atoms with Crippen molar-refractivity contribution in [2.24, 2.45) is 5.41 Å². The molecule has 0 saturated carbocycles. The van der Waals surface area contributed by atoms with Crippen molar-refractivity contribution in [1.82, 2.24) is 5.48 Å². The molecule has 21 heavy (non-hydrogen) atoms. The number of hydroxylamine groups is 1. The van der Waals surface area contributed by atoms with Crippen LogP contribution in [-0.4, -0.2) is 14.3 Å². The van der Waals surface area contributed by atoms with Gasteiger partial charge in [0.25, 0.3) is 0 Å². The predicted molar refractivity (Wildman–Crippen MR) is 81.1 cm³/mol. The first-order chi connectivity index (χ1) is 9.42. The first kappa shape index (κ1) is 17.7. The van der Waals surface area contributed by atoms with Crippen LogP contribution in [0.4, 0.5) is 0 Å². The number of amides is 1. The Bertz CT molecular complexity index is 619. The van der Waals surface area contributed by atoms with Gasteiger partial charge in [0, 0.05) is 6.42 Å². The van der Waals surface area contributed by atoms with E-state index in [2.05, 4.69) is 0 Å². The van der Waals surface area contributed by atoms with Gasteiger partial charge in [-0.1, -0.05) is 38.5 Å². The molecular weight excluding hydrogens is 290 g/mol. The highest BCUT2D eigenvalue weighted by Crippen LogP contribution is 2.23. The molecule has 1 aromatic carbocycles. The van der Waals surface area contributed by atoms with Crippen LogP contribution in [-0.2, 0) is 19.2 Å². The normalized spacial score (nSPS) is 12.3. The van der Waals surface area contributed by atoms with Crippen molar-refractivity contribution in [2.75, 3.05) is 0 Å². The minimum absolute atomic E-state index is 0.101. The van der Waals surface area contributed by atoms with Crippen molar-refractivity contribution in [3.05, 3.63) is 28.8 Å². The van der Waals surface area contributed by atoms with E-state index in [1.807, 2.05) is 33.2 Å². The topological polar surface area (TPSA) is 72.5 Å². The first-order valence-electron chi connectivity index (χ1n) is 6.72. The van der Waals surface area contributed by atoms with Gasteiger partial charge in [0.15, 0.2) is 0 Å². The third kappa shape index (κ3) is 5.13. The van der Waals surface area contributed by atoms with Crippen LogP contribution in [0.5, 0.6) is 0 Å². The molecule has 0 bridgehead atoms. The van der Waals surface area contributed by atoms with E-state index in [1.165, 1.54) is 0 Å². The lowest BCUT2D eigenvalue weighted by atomic mass is 9.92. The fourth-order valence-electron chi connectivity index (χ4n) is 2.22. The minimum atomic E-state index is -4.02. The van der Waals surface area contributed by atoms with Crippen molar-refractivity contribution in [3.8, 4) is 0 Å². The second-order valence-corrected chi connectivity index (χ2v) is 8.01. The molecule has 0 aromatic heterocycles. The van der Waals surface area contributed by atoms with Gasteiger partial charge in [-0.05, 0) is 37.3 Å². The summed E-state index contributed by atoms with van der Waals surface area (Å²) in [5, 5.41) is 0. The molecule has 1 N–H and O–H groups in total. The third-order valence-corrected chi connectivity index (χ3v) is 4.26. The van der Waals surface area contributed by atoms with Crippen LogP contribution in [0.15, 0.2) is 17.0 Å². The van der Waals surface area contributed by atoms with Crippen molar-refractivity contribution in [2.45, 2.75) is 52.9 Å². The largest absolute Gasteiger partial charge is 0.318 e. The van der Waals surface area contributed by atoms with Crippen LogP contribution in [0.25, 0.3) is 0 Å². The Morgan fingerprint density at radius 3 is 2.05 bits per heavy atom. The van der Waals surface area contributed by atoms with Gasteiger partial charge in [0.1, 0.15) is 4.90 Å². The van der Waals surface area contributed by atoms with E-state index in [1.54, 1.807) is 26.0 Å². The summed E-state index contributed by atoms with van der Waals surface area (Å²) in [6, 6.07) is 3.53. The van der Waals surface area contributed by atoms with Gasteiger partial charge in [-0.25, -0.2) is 5.48 Å². The fraction of sp³-hybridized carbons (Fsp3) is 0.533. The van der Waals surface area contributed by atoms with Crippen LogP contribution >= 0.6 is 0 Å². The lowest BCUT2D eigenvalue weighted by Gasteiger charge is -2.17. The van der Waals surface area contributed by atoms with Gasteiger partial charge in [-0.15, -0.1) is 4.28 Å². The second kappa shape index (κ2) is 6.15. The van der Waals surface area contributed by atoms with Gasteiger partial charge >= 0.3 is 10.1 Å². The quantitative estimate of drug-likeness (QED) is 0.868. The molecule has 0 aliphatic rings. The van der Waals surface area contributed by atoms with Gasteiger partial charge in [-0.2, -0.15) is 8.42 Å². The van der Waals surface area contributed by atoms with Crippen LogP contribution < -0.4 is 5.48 Å². The Kier molecular flexibility index (Phi) is 5.17. The van der Waals surface area contributed by atoms with E-state index in [0.29, 0.717) is 11.1 Å². The zero-order chi connectivity index (χ0) is 16.4. The minimum Gasteiger partial charge on any atom is -0.273 e. The van der Waals surface area contributed by atoms with Crippen LogP contribution in [0.2, 0.25) is 0 Å². The SMILES string of the molecule is Cc1cc(C)c(S(=O)(=O)ONC(=O)CC(C)(C)C)c(C)c1. The Hall–Kier alpha value is -1.40. The second-order valence-electron chi connectivity index (χ2n) is 6.53. The van der Waals surface area contributed by atoms with Gasteiger partial charge in [-0.3, -0.25) is 4.79 Å². The zero-order valence-corrected chi connectivity index (χ0v) is 14.2. The summed E-state index contributed by atoms with van der Waals surface area (Å²) in [7, 11) is -4.02. The smallest absolute Gasteiger partial charge is 0.273 e. The maximum atomic E-state index is 12.2. The summed E-state index contributed by atoms with van der Waals surface area (Å²) in [6.45, 7) is 10.9. The molecule has 0 heterocycles. The Labute approximate surface area is 126 Å². The van der Waals surface area contributed by atoms with Crippen LogP contribution in [0.3, 0.4) is 0 Å². The molecule has 1 amide bonds. The van der Waals surface area contributed by atoms with E-state index >= 15 is 0 Å². The van der Waals surface area contributed by atoms with Crippen molar-refractivity contribution in [3.63, 3.8) is 0 Å². The average molecular weight is 313 g/mol. The van der Waals surface area contributed by atoms with E-state index < -0.39 is 16.0 Å². The summed E-state index contributed by atoms with van der Waals surface area (Å²) in [5.41, 5.74) is 3.94. The van der Waals surface area contributed by atoms with E-state index in [0.717, 1.165) is 5.56 Å². The summed E-state index contributed by atoms with van der Waals surface area (Å²) >= 11 is 0. The number of carbonyl (C=O) groups is 1. The average Bonchev–Trinajstić information content (AvgIpc) is 2.22. The van der Waals surface area contributed by atoms with E-state index in [4.69, 9.17) is 4.28 Å². The van der Waals surface area contributed by atoms with E-state index in [9.17, 15) is 13.2 Å². The number of benzene rings is 1. The highest BCUT2D eigenvalue weighted by Gasteiger charge is 2.23. The number of nitrogens with one attached hydrogen (secondary N) is 1. The molecule has 0 fully saturated rings. The van der Waals surface area contributed by atoms with Gasteiger partial charge in [0.05, 0.1) is 0 Å². The molecule has 0 atom stereocenters. The fourth-order valence-corrected chi connectivity index (χ4v) is 3.41. The van der Waals surface area contributed by atoms with Crippen molar-refractivity contribution < 1.29 is 17.5 Å².